The molecule has 0 unspecified atom stereocenters. The Labute approximate surface area is 87.3 Å². The van der Waals surface area contributed by atoms with E-state index >= 15 is 0 Å². The first-order valence-electron chi connectivity index (χ1n) is 2.51. The van der Waals surface area contributed by atoms with Gasteiger partial charge >= 0.3 is 43.7 Å². The summed E-state index contributed by atoms with van der Waals surface area (Å²) in [7, 11) is 0. The molecule has 0 aliphatic heterocycles. The van der Waals surface area contributed by atoms with Crippen molar-refractivity contribution in [1.82, 2.24) is 0 Å². The zero-order valence-corrected chi connectivity index (χ0v) is 7.96. The first kappa shape index (κ1) is 12.4. The van der Waals surface area contributed by atoms with Gasteiger partial charge in [0, 0.05) is 0 Å². The van der Waals surface area contributed by atoms with Crippen LogP contribution in [0.3, 0.4) is 0 Å². The Bertz CT molecular complexity index is 89.8. The van der Waals surface area contributed by atoms with E-state index in [1.54, 1.807) is 0 Å². The van der Waals surface area contributed by atoms with Gasteiger partial charge in [0.05, 0.1) is 6.42 Å². The predicted molar refractivity (Wildman–Crippen MR) is 36.2 cm³/mol. The third kappa shape index (κ3) is 8.69. The van der Waals surface area contributed by atoms with Crippen molar-refractivity contribution in [2.45, 2.75) is 20.3 Å². The van der Waals surface area contributed by atoms with E-state index < -0.39 is 5.97 Å². The summed E-state index contributed by atoms with van der Waals surface area (Å²) in [5.41, 5.74) is 0. The molecule has 0 rings (SSSR count). The van der Waals surface area contributed by atoms with Crippen molar-refractivity contribution in [3.05, 3.63) is 0 Å². The summed E-state index contributed by atoms with van der Waals surface area (Å²) in [6.45, 7) is 3.74. The molecule has 0 heterocycles. The van der Waals surface area contributed by atoms with Gasteiger partial charge < -0.3 is 7.74 Å². The minimum atomic E-state index is -0.569. The molecule has 3 nitrogen and oxygen atoms in total. The van der Waals surface area contributed by atoms with Crippen LogP contribution in [0.15, 0.2) is 0 Å². The fourth-order valence-electron chi connectivity index (χ4n) is 0.371. The molecule has 9 heavy (non-hydrogen) atoms. The summed E-state index contributed by atoms with van der Waals surface area (Å²) >= 11 is 0. The Morgan fingerprint density at radius 3 is 2.33 bits per heavy atom. The van der Waals surface area contributed by atoms with Crippen LogP contribution in [0.5, 0.6) is 0 Å². The van der Waals surface area contributed by atoms with E-state index in [9.17, 15) is 4.79 Å². The Kier molecular flexibility index (Phi) is 9.36. The van der Waals surface area contributed by atoms with Gasteiger partial charge in [0.2, 0.25) is 0 Å². The van der Waals surface area contributed by atoms with Gasteiger partial charge in [0.15, 0.2) is 0 Å². The molecule has 1 N–H and O–H groups in total. The summed E-state index contributed by atoms with van der Waals surface area (Å²) < 4.78 is 0. The van der Waals surface area contributed by atoms with Crippen LogP contribution in [0, 0.1) is 5.92 Å². The fourth-order valence-corrected chi connectivity index (χ4v) is 0.371. The monoisotopic (exact) mass is 160 g/mol. The van der Waals surface area contributed by atoms with Crippen LogP contribution in [0.25, 0.3) is 0 Å². The second-order valence-corrected chi connectivity index (χ2v) is 2.06. The normalized spacial score (nSPS) is 8.44. The Hall–Kier alpha value is 0.690. The Balaban J connectivity index is -0.0000000817. The number of hydrogen-bond donors (Lipinski definition) is 1. The van der Waals surface area contributed by atoms with Gasteiger partial charge in [-0.3, -0.25) is 0 Å². The smallest absolute Gasteiger partial charge is 1.00 e. The predicted octanol–water partition coefficient (Wildman–Crippen LogP) is 0.893. The molecular weight excluding hydrogens is 148 g/mol. The van der Waals surface area contributed by atoms with Gasteiger partial charge in [-0.1, -0.05) is 13.8 Å². The van der Waals surface area contributed by atoms with Crippen molar-refractivity contribution in [1.29, 1.82) is 0 Å². The van der Waals surface area contributed by atoms with E-state index in [1.807, 2.05) is 13.8 Å². The van der Waals surface area contributed by atoms with E-state index in [-0.39, 0.29) is 52.9 Å². The quantitative estimate of drug-likeness (QED) is 0.371. The van der Waals surface area contributed by atoms with E-state index in [4.69, 9.17) is 5.26 Å². The maximum atomic E-state index is 10.2. The molecule has 0 amide bonds. The van der Waals surface area contributed by atoms with Gasteiger partial charge in [-0.05, 0) is 5.92 Å². The Morgan fingerprint density at radius 1 is 1.78 bits per heavy atom. The molecule has 0 aliphatic carbocycles. The maximum absolute atomic E-state index is 10.2. The third-order valence-electron chi connectivity index (χ3n) is 0.677. The average Bonchev–Trinajstić information content (AvgIpc) is 1.65. The van der Waals surface area contributed by atoms with Crippen LogP contribution in [0.2, 0.25) is 0 Å². The first-order valence-corrected chi connectivity index (χ1v) is 2.51. The first-order chi connectivity index (χ1) is 3.66. The van der Waals surface area contributed by atoms with Crippen molar-refractivity contribution >= 4 is 43.7 Å². The second kappa shape index (κ2) is 6.80. The summed E-state index contributed by atoms with van der Waals surface area (Å²) in [6, 6.07) is 0. The van der Waals surface area contributed by atoms with Gasteiger partial charge in [-0.25, -0.2) is 4.79 Å². The molecule has 0 saturated heterocycles. The van der Waals surface area contributed by atoms with Crippen LogP contribution < -0.4 is 0 Å². The summed E-state index contributed by atoms with van der Waals surface area (Å²) in [5, 5.41) is 7.73. The molecule has 0 aromatic rings. The van der Waals surface area contributed by atoms with Gasteiger partial charge in [0.25, 0.3) is 0 Å². The SMILES string of the molecule is CC(C)CC(=O)OO.[Ca+2].[H-].[H-]. The van der Waals surface area contributed by atoms with Crippen LogP contribution in [0.4, 0.5) is 0 Å². The minimum Gasteiger partial charge on any atom is -1.00 e. The number of carbonyl (C=O) groups is 1. The van der Waals surface area contributed by atoms with E-state index in [2.05, 4.69) is 4.89 Å². The number of rotatable bonds is 2. The molecule has 0 fully saturated rings. The standard InChI is InChI=1S/C5H10O3.Ca.2H/c1-4(2)3-5(6)8-7;;;/h4,7H,3H2,1-2H3;;;/q;+2;2*-1. The molecule has 0 atom stereocenters. The molecule has 0 aliphatic rings. The molecule has 0 saturated carbocycles. The van der Waals surface area contributed by atoms with E-state index in [0.29, 0.717) is 0 Å². The molecule has 0 radical (unpaired) electrons. The Morgan fingerprint density at radius 2 is 2.22 bits per heavy atom. The molecule has 0 aromatic carbocycles. The topological polar surface area (TPSA) is 46.5 Å². The average molecular weight is 160 g/mol. The molecule has 52 valence electrons. The zero-order chi connectivity index (χ0) is 6.57. The van der Waals surface area contributed by atoms with Crippen molar-refractivity contribution in [2.24, 2.45) is 5.92 Å². The fraction of sp³-hybridized carbons (Fsp3) is 0.800. The molecule has 0 spiro atoms. The number of hydrogen-bond acceptors (Lipinski definition) is 3. The summed E-state index contributed by atoms with van der Waals surface area (Å²) in [5.74, 6) is -0.324. The molecular formula is C5H12CaO3. The number of carbonyl (C=O) groups excluding carboxylic acids is 1. The summed E-state index contributed by atoms with van der Waals surface area (Å²) in [6.07, 6.45) is 0.274. The van der Waals surface area contributed by atoms with Crippen molar-refractivity contribution in [3.8, 4) is 0 Å². The van der Waals surface area contributed by atoms with Crippen LogP contribution in [-0.2, 0) is 9.68 Å². The van der Waals surface area contributed by atoms with Crippen LogP contribution in [-0.4, -0.2) is 49.0 Å². The minimum absolute atomic E-state index is 0. The largest absolute Gasteiger partial charge is 2.00 e. The van der Waals surface area contributed by atoms with Crippen LogP contribution in [0.1, 0.15) is 23.1 Å². The van der Waals surface area contributed by atoms with Crippen molar-refractivity contribution in [2.75, 3.05) is 0 Å². The van der Waals surface area contributed by atoms with Gasteiger partial charge in [-0.2, -0.15) is 5.26 Å². The summed E-state index contributed by atoms with van der Waals surface area (Å²) in [4.78, 5) is 13.6. The van der Waals surface area contributed by atoms with E-state index in [0.717, 1.165) is 0 Å². The van der Waals surface area contributed by atoms with Gasteiger partial charge in [0.1, 0.15) is 0 Å². The van der Waals surface area contributed by atoms with Crippen molar-refractivity contribution in [3.63, 3.8) is 0 Å². The molecule has 0 bridgehead atoms. The third-order valence-corrected chi connectivity index (χ3v) is 0.677. The van der Waals surface area contributed by atoms with Crippen molar-refractivity contribution < 1.29 is 17.8 Å². The maximum Gasteiger partial charge on any atom is 2.00 e. The van der Waals surface area contributed by atoms with Crippen LogP contribution >= 0.6 is 0 Å². The molecule has 0 aromatic heterocycles. The van der Waals surface area contributed by atoms with Gasteiger partial charge in [-0.15, -0.1) is 0 Å². The molecule has 4 heteroatoms. The van der Waals surface area contributed by atoms with E-state index in [1.165, 1.54) is 0 Å². The second-order valence-electron chi connectivity index (χ2n) is 2.06. The zero-order valence-electron chi connectivity index (χ0n) is 7.76.